The zero-order valence-corrected chi connectivity index (χ0v) is 22.9. The summed E-state index contributed by atoms with van der Waals surface area (Å²) in [5.74, 6) is -1.22. The van der Waals surface area contributed by atoms with Gasteiger partial charge in [0, 0.05) is 18.1 Å². The fourth-order valence-corrected chi connectivity index (χ4v) is 4.71. The zero-order valence-electron chi connectivity index (χ0n) is 22.9. The van der Waals surface area contributed by atoms with Crippen molar-refractivity contribution in [1.82, 2.24) is 4.90 Å². The van der Waals surface area contributed by atoms with Gasteiger partial charge in [-0.2, -0.15) is 0 Å². The minimum Gasteiger partial charge on any atom is -0.489 e. The summed E-state index contributed by atoms with van der Waals surface area (Å²) >= 11 is 0. The van der Waals surface area contributed by atoms with Crippen LogP contribution < -0.4 is 4.74 Å². The molecule has 1 fully saturated rings. The average Bonchev–Trinajstić information content (AvgIpc) is 3.14. The number of fused-ring (bicyclic) bond motifs is 1. The van der Waals surface area contributed by atoms with Gasteiger partial charge in [-0.3, -0.25) is 4.79 Å². The molecule has 0 bridgehead atoms. The number of aliphatic hydroxyl groups is 1. The summed E-state index contributed by atoms with van der Waals surface area (Å²) in [5, 5.41) is 9.16. The fourth-order valence-electron chi connectivity index (χ4n) is 4.71. The Bertz CT molecular complexity index is 1060. The third-order valence-corrected chi connectivity index (χ3v) is 6.45. The van der Waals surface area contributed by atoms with E-state index in [0.29, 0.717) is 17.7 Å². The minimum absolute atomic E-state index is 0.00105. The van der Waals surface area contributed by atoms with Crippen molar-refractivity contribution in [1.29, 1.82) is 0 Å². The Morgan fingerprint density at radius 3 is 2.42 bits per heavy atom. The molecule has 9 nitrogen and oxygen atoms in total. The Morgan fingerprint density at radius 1 is 1.16 bits per heavy atom. The monoisotopic (exact) mass is 529 g/mol. The highest BCUT2D eigenvalue weighted by Gasteiger charge is 2.61. The smallest absolute Gasteiger partial charge is 0.489 e. The van der Waals surface area contributed by atoms with Crippen molar-refractivity contribution in [3.63, 3.8) is 0 Å². The molecule has 38 heavy (non-hydrogen) atoms. The molecule has 0 aromatic heterocycles. The van der Waals surface area contributed by atoms with Crippen molar-refractivity contribution in [2.75, 3.05) is 26.4 Å². The highest BCUT2D eigenvalue weighted by Crippen LogP contribution is 2.48. The number of aliphatic hydroxyl groups excluding tert-OH is 1. The first-order valence-corrected chi connectivity index (χ1v) is 12.9. The van der Waals surface area contributed by atoms with Gasteiger partial charge >= 0.3 is 12.1 Å². The van der Waals surface area contributed by atoms with Gasteiger partial charge in [0.25, 0.3) is 0 Å². The summed E-state index contributed by atoms with van der Waals surface area (Å²) < 4.78 is 21.5. The molecule has 1 saturated heterocycles. The van der Waals surface area contributed by atoms with E-state index in [2.05, 4.69) is 13.2 Å². The molecule has 208 valence electrons. The van der Waals surface area contributed by atoms with Crippen LogP contribution in [0.15, 0.2) is 54.8 Å². The Kier molecular flexibility index (Phi) is 11.6. The maximum Gasteiger partial charge on any atom is 0.508 e. The van der Waals surface area contributed by atoms with Crippen LogP contribution in [0.4, 0.5) is 4.79 Å². The van der Waals surface area contributed by atoms with Gasteiger partial charge in [-0.05, 0) is 37.5 Å². The van der Waals surface area contributed by atoms with E-state index in [1.165, 1.54) is 17.1 Å². The third kappa shape index (κ3) is 6.64. The van der Waals surface area contributed by atoms with Crippen LogP contribution in [0.1, 0.15) is 38.8 Å². The van der Waals surface area contributed by atoms with Crippen molar-refractivity contribution < 1.29 is 38.4 Å². The fraction of sp³-hybridized carbons (Fsp3) is 0.483. The number of nitrogens with zero attached hydrogens (tertiary/aromatic N) is 1. The number of hydrogen-bond donors (Lipinski definition) is 1. The second kappa shape index (κ2) is 14.4. The first-order valence-electron chi connectivity index (χ1n) is 12.9. The SMILES string of the molecule is C=CCOC(=O)OC(C)C1C(=O)N2C(C(=O)OCC=C)=C(COc3ccc(CCO)cc3C)C(C)C12.CC. The van der Waals surface area contributed by atoms with E-state index >= 15 is 0 Å². The molecule has 0 radical (unpaired) electrons. The molecule has 9 heteroatoms. The predicted molar refractivity (Wildman–Crippen MR) is 142 cm³/mol. The van der Waals surface area contributed by atoms with E-state index < -0.39 is 30.2 Å². The summed E-state index contributed by atoms with van der Waals surface area (Å²) in [6.07, 6.45) is 1.77. The van der Waals surface area contributed by atoms with Gasteiger partial charge in [0.2, 0.25) is 5.91 Å². The van der Waals surface area contributed by atoms with E-state index in [1.54, 1.807) is 6.92 Å². The predicted octanol–water partition coefficient (Wildman–Crippen LogP) is 4.12. The third-order valence-electron chi connectivity index (χ3n) is 6.45. The van der Waals surface area contributed by atoms with Gasteiger partial charge in [0.05, 0.1) is 12.0 Å². The topological polar surface area (TPSA) is 112 Å². The number of β-lactam (4-membered cyclic amide) rings is 1. The molecule has 0 aliphatic carbocycles. The van der Waals surface area contributed by atoms with Crippen molar-refractivity contribution >= 4 is 18.0 Å². The molecule has 2 heterocycles. The first kappa shape index (κ1) is 30.6. The molecule has 1 aromatic rings. The lowest BCUT2D eigenvalue weighted by atomic mass is 9.77. The van der Waals surface area contributed by atoms with Crippen LogP contribution >= 0.6 is 0 Å². The molecule has 2 aliphatic rings. The minimum atomic E-state index is -0.887. The molecule has 0 saturated carbocycles. The number of aryl methyl sites for hydroxylation is 1. The number of rotatable bonds is 12. The van der Waals surface area contributed by atoms with Crippen molar-refractivity contribution in [3.05, 3.63) is 65.9 Å². The maximum atomic E-state index is 13.1. The van der Waals surface area contributed by atoms with Crippen molar-refractivity contribution in [2.24, 2.45) is 11.8 Å². The zero-order chi connectivity index (χ0) is 28.4. The number of carbonyl (C=O) groups is 3. The van der Waals surface area contributed by atoms with Crippen LogP contribution in [0.3, 0.4) is 0 Å². The Morgan fingerprint density at radius 2 is 1.82 bits per heavy atom. The highest BCUT2D eigenvalue weighted by molar-refractivity contribution is 6.01. The number of carbonyl (C=O) groups excluding carboxylic acids is 3. The number of hydrogen-bond acceptors (Lipinski definition) is 8. The van der Waals surface area contributed by atoms with Crippen LogP contribution in [0.2, 0.25) is 0 Å². The quantitative estimate of drug-likeness (QED) is 0.245. The van der Waals surface area contributed by atoms with E-state index in [-0.39, 0.29) is 43.9 Å². The lowest BCUT2D eigenvalue weighted by molar-refractivity contribution is -0.164. The lowest BCUT2D eigenvalue weighted by Gasteiger charge is -2.47. The van der Waals surface area contributed by atoms with Gasteiger partial charge in [0.15, 0.2) is 0 Å². The molecule has 0 spiro atoms. The van der Waals surface area contributed by atoms with Gasteiger partial charge in [-0.1, -0.05) is 58.2 Å². The molecule has 1 N–H and O–H groups in total. The summed E-state index contributed by atoms with van der Waals surface area (Å²) in [5.41, 5.74) is 2.67. The molecular formula is C29H39NO8. The molecule has 4 unspecified atom stereocenters. The van der Waals surface area contributed by atoms with Gasteiger partial charge in [0.1, 0.15) is 37.4 Å². The van der Waals surface area contributed by atoms with Gasteiger partial charge < -0.3 is 29.0 Å². The number of esters is 1. The van der Waals surface area contributed by atoms with Crippen LogP contribution in [0, 0.1) is 18.8 Å². The van der Waals surface area contributed by atoms with Gasteiger partial charge in [-0.15, -0.1) is 0 Å². The Labute approximate surface area is 224 Å². The number of benzene rings is 1. The largest absolute Gasteiger partial charge is 0.508 e. The Hall–Kier alpha value is -3.59. The van der Waals surface area contributed by atoms with Crippen molar-refractivity contribution in [3.8, 4) is 5.75 Å². The van der Waals surface area contributed by atoms with Crippen LogP contribution in [0.5, 0.6) is 5.75 Å². The van der Waals surface area contributed by atoms with Crippen molar-refractivity contribution in [2.45, 2.75) is 53.2 Å². The molecule has 3 rings (SSSR count). The molecular weight excluding hydrogens is 490 g/mol. The van der Waals surface area contributed by atoms with E-state index in [0.717, 1.165) is 11.1 Å². The van der Waals surface area contributed by atoms with Crippen LogP contribution in [-0.2, 0) is 30.2 Å². The lowest BCUT2D eigenvalue weighted by Crippen LogP contribution is -2.64. The average molecular weight is 530 g/mol. The first-order chi connectivity index (χ1) is 18.2. The number of amides is 1. The van der Waals surface area contributed by atoms with E-state index in [4.69, 9.17) is 24.1 Å². The molecule has 2 aliphatic heterocycles. The molecule has 1 aromatic carbocycles. The van der Waals surface area contributed by atoms with Crippen LogP contribution in [-0.4, -0.2) is 66.6 Å². The molecule has 4 atom stereocenters. The second-order valence-corrected chi connectivity index (χ2v) is 8.81. The molecule has 1 amide bonds. The summed E-state index contributed by atoms with van der Waals surface area (Å²) in [7, 11) is 0. The summed E-state index contributed by atoms with van der Waals surface area (Å²) in [6.45, 7) is 16.6. The van der Waals surface area contributed by atoms with Crippen LogP contribution in [0.25, 0.3) is 0 Å². The highest BCUT2D eigenvalue weighted by atomic mass is 16.7. The van der Waals surface area contributed by atoms with Gasteiger partial charge in [-0.25, -0.2) is 9.59 Å². The second-order valence-electron chi connectivity index (χ2n) is 8.81. The summed E-state index contributed by atoms with van der Waals surface area (Å²) in [4.78, 5) is 39.4. The Balaban J connectivity index is 0.00000247. The number of ether oxygens (including phenoxy) is 4. The normalized spacial score (nSPS) is 20.3. The summed E-state index contributed by atoms with van der Waals surface area (Å²) in [6, 6.07) is 5.25. The van der Waals surface area contributed by atoms with E-state index in [9.17, 15) is 14.4 Å². The van der Waals surface area contributed by atoms with E-state index in [1.807, 2.05) is 45.9 Å². The maximum absolute atomic E-state index is 13.1. The standard InChI is InChI=1S/C27H33NO8.C2H6/c1-6-12-33-26(31)24-20(15-35-21-9-8-19(10-11-29)14-16(21)3)17(4)23-22(25(30)28(23)24)18(5)36-27(32)34-13-7-2;1-2/h6-9,14,17-18,22-23,29H,1-2,10-13,15H2,3-5H3;1-2H3.